The van der Waals surface area contributed by atoms with E-state index in [1.807, 2.05) is 25.1 Å². The van der Waals surface area contributed by atoms with Crippen LogP contribution in [0.4, 0.5) is 0 Å². The summed E-state index contributed by atoms with van der Waals surface area (Å²) in [5.74, 6) is 0.0442. The number of nitrogens with zero attached hydrogens (tertiary/aromatic N) is 1. The van der Waals surface area contributed by atoms with E-state index in [1.165, 1.54) is 19.4 Å². The lowest BCUT2D eigenvalue weighted by atomic mass is 10.0. The Morgan fingerprint density at radius 1 is 1.38 bits per heavy atom. The molecule has 1 aromatic rings. The minimum Gasteiger partial charge on any atom is -0.349 e. The second kappa shape index (κ2) is 7.95. The van der Waals surface area contributed by atoms with Gasteiger partial charge in [0.25, 0.3) is 5.91 Å². The van der Waals surface area contributed by atoms with Crippen molar-refractivity contribution in [2.24, 2.45) is 0 Å². The average Bonchev–Trinajstić information content (AvgIpc) is 2.49. The van der Waals surface area contributed by atoms with Crippen LogP contribution in [0.2, 0.25) is 0 Å². The molecular weight excluding hydrogens is 328 g/mol. The van der Waals surface area contributed by atoms with Crippen LogP contribution in [0.25, 0.3) is 0 Å². The lowest BCUT2D eigenvalue weighted by Gasteiger charge is -2.32. The molecule has 0 atom stereocenters. The predicted octanol–water partition coefficient (Wildman–Crippen LogP) is 3.75. The van der Waals surface area contributed by atoms with E-state index in [0.29, 0.717) is 6.04 Å². The molecular formula is C17H25BrN2O. The summed E-state index contributed by atoms with van der Waals surface area (Å²) in [6.45, 7) is 7.65. The first-order valence-electron chi connectivity index (χ1n) is 7.89. The number of halogens is 1. The van der Waals surface area contributed by atoms with E-state index in [-0.39, 0.29) is 5.91 Å². The highest BCUT2D eigenvalue weighted by Gasteiger charge is 2.20. The van der Waals surface area contributed by atoms with Crippen molar-refractivity contribution < 1.29 is 4.79 Å². The van der Waals surface area contributed by atoms with Crippen molar-refractivity contribution in [3.63, 3.8) is 0 Å². The van der Waals surface area contributed by atoms with Gasteiger partial charge in [0.05, 0.1) is 0 Å². The molecule has 0 aromatic heterocycles. The summed E-state index contributed by atoms with van der Waals surface area (Å²) < 4.78 is 0.990. The first kappa shape index (κ1) is 16.5. The van der Waals surface area contributed by atoms with Crippen LogP contribution < -0.4 is 5.32 Å². The van der Waals surface area contributed by atoms with E-state index in [0.717, 1.165) is 41.5 Å². The maximum absolute atomic E-state index is 12.3. The molecule has 116 valence electrons. The molecule has 1 aromatic carbocycles. The Balaban J connectivity index is 1.82. The molecule has 0 radical (unpaired) electrons. The van der Waals surface area contributed by atoms with Gasteiger partial charge >= 0.3 is 0 Å². The summed E-state index contributed by atoms with van der Waals surface area (Å²) >= 11 is 3.48. The van der Waals surface area contributed by atoms with Crippen molar-refractivity contribution in [2.75, 3.05) is 19.6 Å². The summed E-state index contributed by atoms with van der Waals surface area (Å²) in [6.07, 6.45) is 4.64. The summed E-state index contributed by atoms with van der Waals surface area (Å²) in [6, 6.07) is 6.09. The summed E-state index contributed by atoms with van der Waals surface area (Å²) in [5.41, 5.74) is 1.89. The standard InChI is InChI=1S/C17H25BrN2O/c1-3-4-9-20-10-7-15(8-11-20)19-17(21)14-6-5-13(2)16(18)12-14/h5-6,12,15H,3-4,7-11H2,1-2H3,(H,19,21). The van der Waals surface area contributed by atoms with Gasteiger partial charge in [0, 0.05) is 29.2 Å². The average molecular weight is 353 g/mol. The molecule has 4 heteroatoms. The Bertz CT molecular complexity index is 482. The van der Waals surface area contributed by atoms with Gasteiger partial charge in [-0.05, 0) is 50.4 Å². The number of aryl methyl sites for hydroxylation is 1. The predicted molar refractivity (Wildman–Crippen MR) is 90.7 cm³/mol. The van der Waals surface area contributed by atoms with Gasteiger partial charge < -0.3 is 10.2 Å². The van der Waals surface area contributed by atoms with Crippen LogP contribution in [0.5, 0.6) is 0 Å². The lowest BCUT2D eigenvalue weighted by Crippen LogP contribution is -2.44. The van der Waals surface area contributed by atoms with Crippen molar-refractivity contribution in [3.8, 4) is 0 Å². The molecule has 3 nitrogen and oxygen atoms in total. The second-order valence-corrected chi connectivity index (χ2v) is 6.76. The molecule has 2 rings (SSSR count). The summed E-state index contributed by atoms with van der Waals surface area (Å²) in [5, 5.41) is 3.17. The van der Waals surface area contributed by atoms with Crippen molar-refractivity contribution in [2.45, 2.75) is 45.6 Å². The molecule has 0 saturated carbocycles. The molecule has 0 spiro atoms. The number of nitrogens with one attached hydrogen (secondary N) is 1. The van der Waals surface area contributed by atoms with E-state index in [1.54, 1.807) is 0 Å². The first-order chi connectivity index (χ1) is 10.1. The van der Waals surface area contributed by atoms with Gasteiger partial charge in [-0.15, -0.1) is 0 Å². The minimum atomic E-state index is 0.0442. The maximum atomic E-state index is 12.3. The van der Waals surface area contributed by atoms with E-state index >= 15 is 0 Å². The van der Waals surface area contributed by atoms with E-state index in [2.05, 4.69) is 33.1 Å². The van der Waals surface area contributed by atoms with Crippen LogP contribution in [-0.2, 0) is 0 Å². The van der Waals surface area contributed by atoms with Gasteiger partial charge in [-0.1, -0.05) is 35.3 Å². The SMILES string of the molecule is CCCCN1CCC(NC(=O)c2ccc(C)c(Br)c2)CC1. The van der Waals surface area contributed by atoms with Crippen LogP contribution in [-0.4, -0.2) is 36.5 Å². The molecule has 1 fully saturated rings. The monoisotopic (exact) mass is 352 g/mol. The van der Waals surface area contributed by atoms with Gasteiger partial charge in [0.15, 0.2) is 0 Å². The van der Waals surface area contributed by atoms with Crippen LogP contribution in [0.15, 0.2) is 22.7 Å². The molecule has 1 saturated heterocycles. The Kier molecular flexibility index (Phi) is 6.24. The normalized spacial score (nSPS) is 16.9. The Labute approximate surface area is 136 Å². The third-order valence-corrected chi connectivity index (χ3v) is 5.04. The highest BCUT2D eigenvalue weighted by molar-refractivity contribution is 9.10. The third kappa shape index (κ3) is 4.82. The molecule has 0 aliphatic carbocycles. The smallest absolute Gasteiger partial charge is 0.251 e. The highest BCUT2D eigenvalue weighted by Crippen LogP contribution is 2.18. The fourth-order valence-electron chi connectivity index (χ4n) is 2.69. The number of hydrogen-bond acceptors (Lipinski definition) is 2. The van der Waals surface area contributed by atoms with Gasteiger partial charge in [-0.2, -0.15) is 0 Å². The van der Waals surface area contributed by atoms with E-state index in [9.17, 15) is 4.79 Å². The van der Waals surface area contributed by atoms with Gasteiger partial charge in [0.1, 0.15) is 0 Å². The van der Waals surface area contributed by atoms with Crippen LogP contribution in [0, 0.1) is 6.92 Å². The fraction of sp³-hybridized carbons (Fsp3) is 0.588. The van der Waals surface area contributed by atoms with Crippen molar-refractivity contribution in [1.29, 1.82) is 0 Å². The van der Waals surface area contributed by atoms with Crippen LogP contribution in [0.3, 0.4) is 0 Å². The number of rotatable bonds is 5. The molecule has 1 heterocycles. The summed E-state index contributed by atoms with van der Waals surface area (Å²) in [4.78, 5) is 14.8. The zero-order valence-electron chi connectivity index (χ0n) is 13.0. The largest absolute Gasteiger partial charge is 0.349 e. The molecule has 1 N–H and O–H groups in total. The zero-order chi connectivity index (χ0) is 15.2. The molecule has 0 bridgehead atoms. The van der Waals surface area contributed by atoms with Crippen molar-refractivity contribution >= 4 is 21.8 Å². The Hall–Kier alpha value is -0.870. The number of benzene rings is 1. The number of carbonyl (C=O) groups excluding carboxylic acids is 1. The second-order valence-electron chi connectivity index (χ2n) is 5.91. The first-order valence-corrected chi connectivity index (χ1v) is 8.69. The van der Waals surface area contributed by atoms with Crippen molar-refractivity contribution in [3.05, 3.63) is 33.8 Å². The Morgan fingerprint density at radius 2 is 2.10 bits per heavy atom. The number of amides is 1. The highest BCUT2D eigenvalue weighted by atomic mass is 79.9. The van der Waals surface area contributed by atoms with E-state index in [4.69, 9.17) is 0 Å². The fourth-order valence-corrected chi connectivity index (χ4v) is 3.06. The summed E-state index contributed by atoms with van der Waals surface area (Å²) in [7, 11) is 0. The molecule has 0 unspecified atom stereocenters. The molecule has 21 heavy (non-hydrogen) atoms. The number of likely N-dealkylation sites (tertiary alicyclic amines) is 1. The number of unbranched alkanes of at least 4 members (excludes halogenated alkanes) is 1. The zero-order valence-corrected chi connectivity index (χ0v) is 14.6. The topological polar surface area (TPSA) is 32.3 Å². The van der Waals surface area contributed by atoms with E-state index < -0.39 is 0 Å². The van der Waals surface area contributed by atoms with Crippen molar-refractivity contribution in [1.82, 2.24) is 10.2 Å². The van der Waals surface area contributed by atoms with Gasteiger partial charge in [-0.3, -0.25) is 4.79 Å². The third-order valence-electron chi connectivity index (χ3n) is 4.18. The maximum Gasteiger partial charge on any atom is 0.251 e. The molecule has 1 aliphatic rings. The lowest BCUT2D eigenvalue weighted by molar-refractivity contribution is 0.0910. The minimum absolute atomic E-state index is 0.0442. The number of carbonyl (C=O) groups is 1. The Morgan fingerprint density at radius 3 is 2.71 bits per heavy atom. The van der Waals surface area contributed by atoms with Gasteiger partial charge in [-0.25, -0.2) is 0 Å². The molecule has 1 aliphatic heterocycles. The quantitative estimate of drug-likeness (QED) is 0.874. The molecule has 1 amide bonds. The van der Waals surface area contributed by atoms with Crippen LogP contribution >= 0.6 is 15.9 Å². The van der Waals surface area contributed by atoms with Gasteiger partial charge in [0.2, 0.25) is 0 Å². The number of hydrogen-bond donors (Lipinski definition) is 1. The van der Waals surface area contributed by atoms with Crippen LogP contribution in [0.1, 0.15) is 48.5 Å². The number of piperidine rings is 1.